The van der Waals surface area contributed by atoms with Crippen LogP contribution in [0.1, 0.15) is 0 Å². The highest BCUT2D eigenvalue weighted by atomic mass is 32.1. The Morgan fingerprint density at radius 3 is 1.65 bits per heavy atom. The molecule has 0 saturated carbocycles. The zero-order valence-electron chi connectivity index (χ0n) is 32.5. The molecule has 0 N–H and O–H groups in total. The summed E-state index contributed by atoms with van der Waals surface area (Å²) in [4.78, 5) is 2.44. The average Bonchev–Trinajstić information content (AvgIpc) is 4.00. The van der Waals surface area contributed by atoms with E-state index in [0.29, 0.717) is 0 Å². The fourth-order valence-corrected chi connectivity index (χ4v) is 10.2. The van der Waals surface area contributed by atoms with Crippen LogP contribution < -0.4 is 4.90 Å². The van der Waals surface area contributed by atoms with E-state index < -0.39 is 0 Å². The van der Waals surface area contributed by atoms with Gasteiger partial charge in [0.1, 0.15) is 5.58 Å². The first kappa shape index (κ1) is 34.4. The first-order valence-corrected chi connectivity index (χ1v) is 21.2. The smallest absolute Gasteiger partial charge is 0.213 e. The van der Waals surface area contributed by atoms with Gasteiger partial charge in [0.25, 0.3) is 0 Å². The van der Waals surface area contributed by atoms with E-state index in [4.69, 9.17) is 4.42 Å². The van der Waals surface area contributed by atoms with Crippen molar-refractivity contribution in [3.8, 4) is 39.1 Å². The van der Waals surface area contributed by atoms with Crippen molar-refractivity contribution in [2.45, 2.75) is 0 Å². The second-order valence-electron chi connectivity index (χ2n) is 15.3. The molecule has 4 heteroatoms. The molecule has 0 radical (unpaired) electrons. The maximum absolute atomic E-state index is 7.13. The van der Waals surface area contributed by atoms with E-state index in [1.165, 1.54) is 42.4 Å². The van der Waals surface area contributed by atoms with Gasteiger partial charge in [0, 0.05) is 26.5 Å². The largest absolute Gasteiger partial charge is 0.439 e. The SMILES string of the molecule is c1ccc(-c2ccc(N(c3cccc4c3sc3ccccc34)c3cccc4oc5c(c6ccccc6n5-c5cc(-c6ccccc6)cc(-c6ccccc6)c5)c34)cc2)cc1. The lowest BCUT2D eigenvalue weighted by molar-refractivity contribution is 0.645. The number of anilines is 3. The maximum atomic E-state index is 7.13. The Morgan fingerprint density at radius 1 is 0.400 bits per heavy atom. The van der Waals surface area contributed by atoms with Gasteiger partial charge in [-0.05, 0) is 94.0 Å². The fourth-order valence-electron chi connectivity index (χ4n) is 9.04. The third-order valence-electron chi connectivity index (χ3n) is 11.8. The molecule has 0 spiro atoms. The van der Waals surface area contributed by atoms with Crippen LogP contribution in [-0.2, 0) is 0 Å². The molecule has 9 aromatic carbocycles. The number of rotatable bonds is 7. The fraction of sp³-hybridized carbons (Fsp3) is 0. The summed E-state index contributed by atoms with van der Waals surface area (Å²) in [5.41, 5.74) is 14.1. The van der Waals surface area contributed by atoms with Crippen LogP contribution in [0, 0.1) is 0 Å². The lowest BCUT2D eigenvalue weighted by Crippen LogP contribution is -2.10. The molecule has 3 nitrogen and oxygen atoms in total. The highest BCUT2D eigenvalue weighted by Crippen LogP contribution is 2.50. The summed E-state index contributed by atoms with van der Waals surface area (Å²) >= 11 is 1.85. The molecule has 0 unspecified atom stereocenters. The van der Waals surface area contributed by atoms with Crippen LogP contribution in [0.3, 0.4) is 0 Å². The Hall–Kier alpha value is -7.66. The normalized spacial score (nSPS) is 11.7. The molecule has 0 atom stereocenters. The number of hydrogen-bond donors (Lipinski definition) is 0. The number of para-hydroxylation sites is 1. The zero-order chi connectivity index (χ0) is 39.6. The highest BCUT2D eigenvalue weighted by Gasteiger charge is 2.26. The van der Waals surface area contributed by atoms with Crippen molar-refractivity contribution in [2.24, 2.45) is 0 Å². The van der Waals surface area contributed by atoms with Crippen LogP contribution in [0.5, 0.6) is 0 Å². The van der Waals surface area contributed by atoms with Crippen LogP contribution in [-0.4, -0.2) is 4.57 Å². The molecule has 0 aliphatic rings. The van der Waals surface area contributed by atoms with Crippen LogP contribution in [0.15, 0.2) is 223 Å². The molecule has 0 saturated heterocycles. The number of thiophene rings is 1. The minimum atomic E-state index is 0.822. The highest BCUT2D eigenvalue weighted by molar-refractivity contribution is 7.26. The minimum absolute atomic E-state index is 0.822. The molecular weight excluding hydrogens is 749 g/mol. The lowest BCUT2D eigenvalue weighted by Gasteiger charge is -2.27. The van der Waals surface area contributed by atoms with Crippen molar-refractivity contribution in [3.05, 3.63) is 218 Å². The van der Waals surface area contributed by atoms with E-state index in [0.717, 1.165) is 66.8 Å². The molecule has 0 fully saturated rings. The Kier molecular flexibility index (Phi) is 8.03. The third kappa shape index (κ3) is 5.57. The predicted molar refractivity (Wildman–Crippen MR) is 254 cm³/mol. The molecule has 12 aromatic rings. The Labute approximate surface area is 351 Å². The number of fused-ring (bicyclic) bond motifs is 8. The van der Waals surface area contributed by atoms with E-state index >= 15 is 0 Å². The molecule has 282 valence electrons. The number of nitrogens with zero attached hydrogens (tertiary/aromatic N) is 2. The Morgan fingerprint density at radius 2 is 0.950 bits per heavy atom. The van der Waals surface area contributed by atoms with Crippen molar-refractivity contribution in [1.29, 1.82) is 0 Å². The molecule has 0 bridgehead atoms. The van der Waals surface area contributed by atoms with Gasteiger partial charge in [-0.25, -0.2) is 0 Å². The van der Waals surface area contributed by atoms with E-state index in [-0.39, 0.29) is 0 Å². The van der Waals surface area contributed by atoms with Gasteiger partial charge in [-0.15, -0.1) is 11.3 Å². The topological polar surface area (TPSA) is 21.3 Å². The van der Waals surface area contributed by atoms with Crippen molar-refractivity contribution >= 4 is 81.5 Å². The second-order valence-corrected chi connectivity index (χ2v) is 16.3. The quantitative estimate of drug-likeness (QED) is 0.161. The molecule has 0 amide bonds. The van der Waals surface area contributed by atoms with Gasteiger partial charge >= 0.3 is 0 Å². The van der Waals surface area contributed by atoms with E-state index in [1.54, 1.807) is 0 Å². The molecule has 12 rings (SSSR count). The molecule has 0 aliphatic heterocycles. The minimum Gasteiger partial charge on any atom is -0.439 e. The van der Waals surface area contributed by atoms with Gasteiger partial charge in [-0.1, -0.05) is 158 Å². The second kappa shape index (κ2) is 14.0. The van der Waals surface area contributed by atoms with Crippen LogP contribution >= 0.6 is 11.3 Å². The standard InChI is InChI=1S/C56H36N2OS/c1-4-16-37(17-5-1)40-30-32-43(33-31-40)57(50-27-14-24-46-45-22-11-13-29-52(45)60-55(46)50)49-26-15-28-51-54(49)53-47-23-10-12-25-48(47)58(56(53)59-51)44-35-41(38-18-6-2-7-19-38)34-42(36-44)39-20-8-3-9-21-39/h1-36H. The molecule has 60 heavy (non-hydrogen) atoms. The van der Waals surface area contributed by atoms with E-state index in [9.17, 15) is 0 Å². The zero-order valence-corrected chi connectivity index (χ0v) is 33.3. The van der Waals surface area contributed by atoms with Crippen LogP contribution in [0.4, 0.5) is 17.1 Å². The van der Waals surface area contributed by atoms with Crippen molar-refractivity contribution in [3.63, 3.8) is 0 Å². The summed E-state index contributed by atoms with van der Waals surface area (Å²) in [6.45, 7) is 0. The van der Waals surface area contributed by atoms with Gasteiger partial charge in [0.15, 0.2) is 0 Å². The number of furan rings is 1. The summed E-state index contributed by atoms with van der Waals surface area (Å²) in [5.74, 6) is 0. The third-order valence-corrected chi connectivity index (χ3v) is 13.0. The number of benzene rings is 9. The maximum Gasteiger partial charge on any atom is 0.213 e. The van der Waals surface area contributed by atoms with Gasteiger partial charge < -0.3 is 9.32 Å². The van der Waals surface area contributed by atoms with E-state index in [2.05, 4.69) is 228 Å². The first-order valence-electron chi connectivity index (χ1n) is 20.3. The van der Waals surface area contributed by atoms with Crippen molar-refractivity contribution < 1.29 is 4.42 Å². The number of aromatic nitrogens is 1. The first-order chi connectivity index (χ1) is 29.8. The Balaban J connectivity index is 1.14. The van der Waals surface area contributed by atoms with Crippen molar-refractivity contribution in [2.75, 3.05) is 4.90 Å². The van der Waals surface area contributed by atoms with E-state index in [1.807, 2.05) is 11.3 Å². The van der Waals surface area contributed by atoms with Crippen LogP contribution in [0.25, 0.3) is 92.2 Å². The average molecular weight is 785 g/mol. The summed E-state index contributed by atoms with van der Waals surface area (Å²) in [7, 11) is 0. The monoisotopic (exact) mass is 784 g/mol. The summed E-state index contributed by atoms with van der Waals surface area (Å²) in [6, 6.07) is 78.5. The number of hydrogen-bond acceptors (Lipinski definition) is 3. The van der Waals surface area contributed by atoms with Gasteiger partial charge in [-0.2, -0.15) is 0 Å². The summed E-state index contributed by atoms with van der Waals surface area (Å²) in [5, 5.41) is 5.85. The van der Waals surface area contributed by atoms with Gasteiger partial charge in [0.05, 0.1) is 38.1 Å². The molecule has 3 aromatic heterocycles. The van der Waals surface area contributed by atoms with Crippen molar-refractivity contribution in [1.82, 2.24) is 4.57 Å². The predicted octanol–water partition coefficient (Wildman–Crippen LogP) is 16.4. The molecule has 3 heterocycles. The van der Waals surface area contributed by atoms with Gasteiger partial charge in [0.2, 0.25) is 5.71 Å². The van der Waals surface area contributed by atoms with Gasteiger partial charge in [-0.3, -0.25) is 4.57 Å². The van der Waals surface area contributed by atoms with Crippen LogP contribution in [0.2, 0.25) is 0 Å². The molecule has 0 aliphatic carbocycles. The summed E-state index contributed by atoms with van der Waals surface area (Å²) < 4.78 is 12.0. The molecular formula is C56H36N2OS. The lowest BCUT2D eigenvalue weighted by atomic mass is 9.98. The Bertz CT molecular complexity index is 3470. The summed E-state index contributed by atoms with van der Waals surface area (Å²) in [6.07, 6.45) is 0.